The minimum atomic E-state index is -0.183. The summed E-state index contributed by atoms with van der Waals surface area (Å²) in [5, 5.41) is 3.44. The average Bonchev–Trinajstić information content (AvgIpc) is 2.34. The second-order valence-corrected chi connectivity index (χ2v) is 7.41. The number of hydrogen-bond donors (Lipinski definition) is 1. The summed E-state index contributed by atoms with van der Waals surface area (Å²) in [6, 6.07) is 5.06. The van der Waals surface area contributed by atoms with Gasteiger partial charge < -0.3 is 15.0 Å². The lowest BCUT2D eigenvalue weighted by Gasteiger charge is -2.40. The van der Waals surface area contributed by atoms with Crippen LogP contribution in [0.5, 0.6) is 0 Å². The van der Waals surface area contributed by atoms with E-state index in [1.165, 1.54) is 0 Å². The Bertz CT molecular complexity index is 494. The summed E-state index contributed by atoms with van der Waals surface area (Å²) in [7, 11) is 0. The minimum absolute atomic E-state index is 0.00781. The number of halogens is 1. The Kier molecular flexibility index (Phi) is 4.59. The molecule has 4 heteroatoms. The van der Waals surface area contributed by atoms with Crippen molar-refractivity contribution in [3.8, 4) is 0 Å². The fraction of sp³-hybridized carbons (Fsp3) is 0.647. The first-order chi connectivity index (χ1) is 9.66. The molecule has 0 radical (unpaired) electrons. The maximum absolute atomic E-state index is 13.6. The van der Waals surface area contributed by atoms with Gasteiger partial charge >= 0.3 is 0 Å². The van der Waals surface area contributed by atoms with Gasteiger partial charge in [-0.3, -0.25) is 0 Å². The van der Waals surface area contributed by atoms with Crippen LogP contribution in [0.3, 0.4) is 0 Å². The van der Waals surface area contributed by atoms with Crippen molar-refractivity contribution in [2.24, 2.45) is 0 Å². The predicted octanol–water partition coefficient (Wildman–Crippen LogP) is 3.33. The number of rotatable bonds is 3. The van der Waals surface area contributed by atoms with Crippen LogP contribution in [0.4, 0.5) is 10.1 Å². The van der Waals surface area contributed by atoms with Gasteiger partial charge in [0.25, 0.3) is 0 Å². The van der Waals surface area contributed by atoms with Crippen LogP contribution >= 0.6 is 0 Å². The largest absolute Gasteiger partial charge is 0.372 e. The van der Waals surface area contributed by atoms with Crippen molar-refractivity contribution in [3.63, 3.8) is 0 Å². The first-order valence-corrected chi connectivity index (χ1v) is 7.59. The summed E-state index contributed by atoms with van der Waals surface area (Å²) in [4.78, 5) is 2.29. The van der Waals surface area contributed by atoms with Crippen LogP contribution in [0.2, 0.25) is 0 Å². The molecule has 21 heavy (non-hydrogen) atoms. The number of anilines is 1. The molecule has 1 N–H and O–H groups in total. The Morgan fingerprint density at radius 1 is 1.33 bits per heavy atom. The van der Waals surface area contributed by atoms with Gasteiger partial charge in [-0.15, -0.1) is 0 Å². The second-order valence-electron chi connectivity index (χ2n) is 7.41. The van der Waals surface area contributed by atoms with Crippen LogP contribution < -0.4 is 10.2 Å². The standard InChI is InChI=1S/C17H27FN2O/c1-16(2,3)19-11-13-10-14(18)6-7-15(13)20-8-9-21-17(4,5)12-20/h6-7,10,19H,8-9,11-12H2,1-5H3. The molecule has 0 spiro atoms. The molecule has 1 saturated heterocycles. The smallest absolute Gasteiger partial charge is 0.123 e. The number of hydrogen-bond acceptors (Lipinski definition) is 3. The van der Waals surface area contributed by atoms with E-state index >= 15 is 0 Å². The molecule has 0 aromatic heterocycles. The predicted molar refractivity (Wildman–Crippen MR) is 85.2 cm³/mol. The first kappa shape index (κ1) is 16.2. The van der Waals surface area contributed by atoms with Gasteiger partial charge in [-0.1, -0.05) is 0 Å². The van der Waals surface area contributed by atoms with Crippen LogP contribution in [0.15, 0.2) is 18.2 Å². The van der Waals surface area contributed by atoms with Crippen molar-refractivity contribution < 1.29 is 9.13 Å². The van der Waals surface area contributed by atoms with Crippen molar-refractivity contribution in [1.29, 1.82) is 0 Å². The van der Waals surface area contributed by atoms with Crippen LogP contribution in [0, 0.1) is 5.82 Å². The fourth-order valence-corrected chi connectivity index (χ4v) is 2.59. The highest BCUT2D eigenvalue weighted by Gasteiger charge is 2.28. The van der Waals surface area contributed by atoms with Gasteiger partial charge in [0.05, 0.1) is 12.2 Å². The summed E-state index contributed by atoms with van der Waals surface area (Å²) in [6.07, 6.45) is 0. The SMILES string of the molecule is CC(C)(C)NCc1cc(F)ccc1N1CCOC(C)(C)C1. The van der Waals surface area contributed by atoms with Crippen molar-refractivity contribution >= 4 is 5.69 Å². The lowest BCUT2D eigenvalue weighted by Crippen LogP contribution is -2.48. The molecule has 3 nitrogen and oxygen atoms in total. The second kappa shape index (κ2) is 5.93. The molecule has 2 rings (SSSR count). The third kappa shape index (κ3) is 4.68. The van der Waals surface area contributed by atoms with Gasteiger partial charge in [0, 0.05) is 30.9 Å². The Balaban J connectivity index is 2.22. The average molecular weight is 294 g/mol. The molecular formula is C17H27FN2O. The van der Waals surface area contributed by atoms with Gasteiger partial charge in [0.2, 0.25) is 0 Å². The third-order valence-electron chi connectivity index (χ3n) is 3.62. The first-order valence-electron chi connectivity index (χ1n) is 7.59. The normalized spacial score (nSPS) is 18.9. The topological polar surface area (TPSA) is 24.5 Å². The molecule has 0 bridgehead atoms. The van der Waals surface area contributed by atoms with E-state index in [2.05, 4.69) is 44.8 Å². The summed E-state index contributed by atoms with van der Waals surface area (Å²) in [5.74, 6) is -0.183. The highest BCUT2D eigenvalue weighted by Crippen LogP contribution is 2.27. The zero-order chi connectivity index (χ0) is 15.7. The van der Waals surface area contributed by atoms with Crippen molar-refractivity contribution in [1.82, 2.24) is 5.32 Å². The van der Waals surface area contributed by atoms with E-state index in [1.54, 1.807) is 12.1 Å². The van der Waals surface area contributed by atoms with Crippen LogP contribution in [0.1, 0.15) is 40.2 Å². The van der Waals surface area contributed by atoms with Gasteiger partial charge in [-0.2, -0.15) is 0 Å². The number of nitrogens with one attached hydrogen (secondary N) is 1. The summed E-state index contributed by atoms with van der Waals surface area (Å²) < 4.78 is 19.4. The number of morpholine rings is 1. The summed E-state index contributed by atoms with van der Waals surface area (Å²) in [6.45, 7) is 13.6. The van der Waals surface area contributed by atoms with E-state index in [1.807, 2.05) is 6.07 Å². The zero-order valence-electron chi connectivity index (χ0n) is 13.8. The Morgan fingerprint density at radius 3 is 2.67 bits per heavy atom. The maximum atomic E-state index is 13.6. The highest BCUT2D eigenvalue weighted by atomic mass is 19.1. The highest BCUT2D eigenvalue weighted by molar-refractivity contribution is 5.54. The zero-order valence-corrected chi connectivity index (χ0v) is 13.8. The molecule has 1 fully saturated rings. The third-order valence-corrected chi connectivity index (χ3v) is 3.62. The number of nitrogens with zero attached hydrogens (tertiary/aromatic N) is 1. The van der Waals surface area contributed by atoms with Crippen molar-refractivity contribution in [2.75, 3.05) is 24.6 Å². The van der Waals surface area contributed by atoms with E-state index in [9.17, 15) is 4.39 Å². The molecule has 1 aliphatic rings. The molecule has 1 aromatic carbocycles. The van der Waals surface area contributed by atoms with Crippen molar-refractivity contribution in [3.05, 3.63) is 29.6 Å². The molecule has 0 unspecified atom stereocenters. The molecule has 1 aliphatic heterocycles. The number of ether oxygens (including phenoxy) is 1. The quantitative estimate of drug-likeness (QED) is 0.925. The molecule has 1 heterocycles. The molecular weight excluding hydrogens is 267 g/mol. The summed E-state index contributed by atoms with van der Waals surface area (Å²) >= 11 is 0. The van der Waals surface area contributed by atoms with E-state index in [4.69, 9.17) is 4.74 Å². The van der Waals surface area contributed by atoms with Gasteiger partial charge in [0.1, 0.15) is 5.82 Å². The van der Waals surface area contributed by atoms with E-state index in [-0.39, 0.29) is 17.0 Å². The fourth-order valence-electron chi connectivity index (χ4n) is 2.59. The Labute approximate surface area is 127 Å². The molecule has 118 valence electrons. The lowest BCUT2D eigenvalue weighted by molar-refractivity contribution is -0.0277. The van der Waals surface area contributed by atoms with E-state index in [0.29, 0.717) is 13.2 Å². The van der Waals surface area contributed by atoms with Crippen LogP contribution in [-0.4, -0.2) is 30.8 Å². The summed E-state index contributed by atoms with van der Waals surface area (Å²) in [5.41, 5.74) is 1.95. The van der Waals surface area contributed by atoms with Gasteiger partial charge in [-0.25, -0.2) is 4.39 Å². The number of benzene rings is 1. The molecule has 0 saturated carbocycles. The van der Waals surface area contributed by atoms with E-state index in [0.717, 1.165) is 24.3 Å². The van der Waals surface area contributed by atoms with E-state index < -0.39 is 0 Å². The van der Waals surface area contributed by atoms with Gasteiger partial charge in [-0.05, 0) is 58.4 Å². The Hall–Kier alpha value is -1.13. The molecule has 0 aliphatic carbocycles. The lowest BCUT2D eigenvalue weighted by atomic mass is 10.0. The van der Waals surface area contributed by atoms with Gasteiger partial charge in [0.15, 0.2) is 0 Å². The maximum Gasteiger partial charge on any atom is 0.123 e. The molecule has 0 atom stereocenters. The minimum Gasteiger partial charge on any atom is -0.372 e. The molecule has 1 aromatic rings. The van der Waals surface area contributed by atoms with Crippen LogP contribution in [0.25, 0.3) is 0 Å². The molecule has 0 amide bonds. The monoisotopic (exact) mass is 294 g/mol. The Morgan fingerprint density at radius 2 is 2.05 bits per heavy atom. The van der Waals surface area contributed by atoms with Crippen molar-refractivity contribution in [2.45, 2.75) is 52.3 Å². The van der Waals surface area contributed by atoms with Crippen LogP contribution in [-0.2, 0) is 11.3 Å².